The number of piperidine rings is 2. The smallest absolute Gasteiger partial charge is 0.250 e. The Kier molecular flexibility index (Phi) is 7.43. The zero-order valence-electron chi connectivity index (χ0n) is 23.1. The van der Waals surface area contributed by atoms with Gasteiger partial charge >= 0.3 is 0 Å². The van der Waals surface area contributed by atoms with E-state index in [-0.39, 0.29) is 0 Å². The lowest BCUT2D eigenvalue weighted by molar-refractivity contribution is 0.556. The number of anilines is 3. The maximum Gasteiger partial charge on any atom is 0.250 e. The summed E-state index contributed by atoms with van der Waals surface area (Å²) < 4.78 is 2.37. The normalized spacial score (nSPS) is 16.4. The lowest BCUT2D eigenvalue weighted by atomic mass is 10.1. The van der Waals surface area contributed by atoms with Crippen molar-refractivity contribution in [1.82, 2.24) is 19.5 Å². The molecule has 0 radical (unpaired) electrons. The van der Waals surface area contributed by atoms with Gasteiger partial charge in [-0.2, -0.15) is 20.1 Å². The van der Waals surface area contributed by atoms with Crippen LogP contribution in [0.5, 0.6) is 0 Å². The summed E-state index contributed by atoms with van der Waals surface area (Å²) in [5.74, 6) is 2.02. The van der Waals surface area contributed by atoms with Crippen molar-refractivity contribution in [1.29, 1.82) is 0 Å². The lowest BCUT2D eigenvalue weighted by Crippen LogP contribution is -2.34. The molecule has 4 heterocycles. The first-order valence-corrected chi connectivity index (χ1v) is 14.3. The summed E-state index contributed by atoms with van der Waals surface area (Å²) in [5.41, 5.74) is 9.22. The molecule has 0 unspecified atom stereocenters. The maximum absolute atomic E-state index is 4.89. The van der Waals surface area contributed by atoms with E-state index < -0.39 is 0 Å². The van der Waals surface area contributed by atoms with Crippen molar-refractivity contribution in [2.24, 2.45) is 5.10 Å². The largest absolute Gasteiger partial charge is 0.341 e. The van der Waals surface area contributed by atoms with Crippen LogP contribution in [0.15, 0.2) is 53.6 Å². The van der Waals surface area contributed by atoms with Gasteiger partial charge in [0.05, 0.1) is 6.21 Å². The van der Waals surface area contributed by atoms with Crippen LogP contribution >= 0.6 is 0 Å². The van der Waals surface area contributed by atoms with E-state index in [1.807, 2.05) is 6.21 Å². The quantitative estimate of drug-likeness (QED) is 0.240. The minimum Gasteiger partial charge on any atom is -0.341 e. The Balaban J connectivity index is 1.29. The van der Waals surface area contributed by atoms with Gasteiger partial charge in [-0.15, -0.1) is 0 Å². The summed E-state index contributed by atoms with van der Waals surface area (Å²) >= 11 is 0. The third kappa shape index (κ3) is 5.60. The second-order valence-corrected chi connectivity index (χ2v) is 10.8. The van der Waals surface area contributed by atoms with E-state index in [2.05, 4.69) is 87.3 Å². The molecule has 0 saturated carbocycles. The molecule has 0 aliphatic carbocycles. The molecule has 4 aromatic rings. The van der Waals surface area contributed by atoms with Gasteiger partial charge < -0.3 is 14.4 Å². The number of fused-ring (bicyclic) bond motifs is 1. The summed E-state index contributed by atoms with van der Waals surface area (Å²) in [6.45, 7) is 9.10. The lowest BCUT2D eigenvalue weighted by Gasteiger charge is -2.30. The van der Waals surface area contributed by atoms with Crippen LogP contribution in [0.4, 0.5) is 17.8 Å². The van der Waals surface area contributed by atoms with Gasteiger partial charge in [0, 0.05) is 54.9 Å². The predicted molar refractivity (Wildman–Crippen MR) is 160 cm³/mol. The van der Waals surface area contributed by atoms with Crippen molar-refractivity contribution in [3.05, 3.63) is 70.9 Å². The number of nitrogens with one attached hydrogen (secondary N) is 1. The number of hydrogen-bond donors (Lipinski definition) is 1. The molecule has 6 rings (SSSR count). The zero-order valence-corrected chi connectivity index (χ0v) is 23.1. The Labute approximate surface area is 230 Å². The fourth-order valence-corrected chi connectivity index (χ4v) is 5.85. The predicted octanol–water partition coefficient (Wildman–Crippen LogP) is 5.92. The highest BCUT2D eigenvalue weighted by Gasteiger charge is 2.20. The molecule has 2 aromatic heterocycles. The fraction of sp³-hybridized carbons (Fsp3) is 0.419. The Morgan fingerprint density at radius 2 is 1.46 bits per heavy atom. The van der Waals surface area contributed by atoms with Crippen molar-refractivity contribution in [2.45, 2.75) is 58.9 Å². The topological polar surface area (TPSA) is 74.5 Å². The molecule has 8 heteroatoms. The number of hydrogen-bond acceptors (Lipinski definition) is 7. The van der Waals surface area contributed by atoms with Gasteiger partial charge in [-0.1, -0.05) is 48.0 Å². The van der Waals surface area contributed by atoms with Crippen LogP contribution in [0, 0.1) is 13.8 Å². The molecule has 8 nitrogen and oxygen atoms in total. The summed E-state index contributed by atoms with van der Waals surface area (Å²) in [6, 6.07) is 17.3. The van der Waals surface area contributed by atoms with Crippen LogP contribution in [0.1, 0.15) is 60.9 Å². The van der Waals surface area contributed by atoms with E-state index in [0.717, 1.165) is 50.2 Å². The van der Waals surface area contributed by atoms with Crippen LogP contribution in [-0.4, -0.2) is 51.9 Å². The number of benzene rings is 2. The molecule has 2 aliphatic heterocycles. The number of aromatic nitrogens is 4. The van der Waals surface area contributed by atoms with Gasteiger partial charge in [-0.25, -0.2) is 5.43 Å². The van der Waals surface area contributed by atoms with Gasteiger partial charge in [0.25, 0.3) is 0 Å². The summed E-state index contributed by atoms with van der Waals surface area (Å²) in [6.07, 6.45) is 9.17. The highest BCUT2D eigenvalue weighted by Crippen LogP contribution is 2.26. The van der Waals surface area contributed by atoms with E-state index in [1.165, 1.54) is 66.2 Å². The highest BCUT2D eigenvalue weighted by molar-refractivity contribution is 6.01. The van der Waals surface area contributed by atoms with Gasteiger partial charge in [0.15, 0.2) is 0 Å². The number of nitrogens with zero attached hydrogens (tertiary/aromatic N) is 7. The molecule has 1 N–H and O–H groups in total. The number of hydrazone groups is 1. The van der Waals surface area contributed by atoms with Crippen molar-refractivity contribution < 1.29 is 0 Å². The molecule has 0 amide bonds. The van der Waals surface area contributed by atoms with E-state index in [4.69, 9.17) is 15.0 Å². The molecule has 2 aliphatic rings. The van der Waals surface area contributed by atoms with E-state index in [0.29, 0.717) is 5.95 Å². The zero-order chi connectivity index (χ0) is 26.6. The molecule has 39 heavy (non-hydrogen) atoms. The minimum absolute atomic E-state index is 0.503. The van der Waals surface area contributed by atoms with Gasteiger partial charge in [-0.3, -0.25) is 0 Å². The third-order valence-corrected chi connectivity index (χ3v) is 7.95. The first-order chi connectivity index (χ1) is 19.2. The van der Waals surface area contributed by atoms with E-state index in [9.17, 15) is 0 Å². The summed E-state index contributed by atoms with van der Waals surface area (Å²) in [5, 5.41) is 5.84. The van der Waals surface area contributed by atoms with Gasteiger partial charge in [-0.05, 0) is 64.0 Å². The van der Waals surface area contributed by atoms with Crippen LogP contribution in [0.25, 0.3) is 10.9 Å². The van der Waals surface area contributed by atoms with E-state index in [1.54, 1.807) is 0 Å². The van der Waals surface area contributed by atoms with Gasteiger partial charge in [0.1, 0.15) is 0 Å². The molecule has 0 atom stereocenters. The molecule has 2 saturated heterocycles. The van der Waals surface area contributed by atoms with E-state index >= 15 is 0 Å². The summed E-state index contributed by atoms with van der Waals surface area (Å²) in [4.78, 5) is 19.0. The van der Waals surface area contributed by atoms with Crippen LogP contribution in [0.2, 0.25) is 0 Å². The fourth-order valence-electron chi connectivity index (χ4n) is 5.85. The second kappa shape index (κ2) is 11.4. The first kappa shape index (κ1) is 25.3. The number of rotatable bonds is 7. The standard InChI is InChI=1S/C31H38N8/c1-23-12-11-13-25(20-23)22-39-24(2)27(26-14-5-6-15-28(26)39)21-32-36-29-33-30(37-16-7-3-8-17-37)35-31(34-29)38-18-9-4-10-19-38/h5-6,11-15,20-21H,3-4,7-10,16-19,22H2,1-2H3,(H,33,34,35,36)/b32-21+. The Bertz CT molecular complexity index is 1420. The molecule has 202 valence electrons. The monoisotopic (exact) mass is 522 g/mol. The molecular weight excluding hydrogens is 484 g/mol. The van der Waals surface area contributed by atoms with Crippen LogP contribution < -0.4 is 15.2 Å². The molecule has 2 fully saturated rings. The second-order valence-electron chi connectivity index (χ2n) is 10.8. The summed E-state index contributed by atoms with van der Waals surface area (Å²) in [7, 11) is 0. The van der Waals surface area contributed by atoms with Crippen molar-refractivity contribution in [3.8, 4) is 0 Å². The van der Waals surface area contributed by atoms with Crippen LogP contribution in [0.3, 0.4) is 0 Å². The Morgan fingerprint density at radius 1 is 0.795 bits per heavy atom. The maximum atomic E-state index is 4.89. The molecule has 0 bridgehead atoms. The first-order valence-electron chi connectivity index (χ1n) is 14.3. The minimum atomic E-state index is 0.503. The molecule has 2 aromatic carbocycles. The van der Waals surface area contributed by atoms with Crippen molar-refractivity contribution >= 4 is 35.0 Å². The average molecular weight is 523 g/mol. The number of aryl methyl sites for hydroxylation is 1. The number of para-hydroxylation sites is 1. The van der Waals surface area contributed by atoms with Crippen LogP contribution in [-0.2, 0) is 6.54 Å². The Hall–Kier alpha value is -3.94. The molecule has 0 spiro atoms. The van der Waals surface area contributed by atoms with Gasteiger partial charge in [0.2, 0.25) is 17.8 Å². The molecular formula is C31H38N8. The average Bonchev–Trinajstić information content (AvgIpc) is 3.24. The third-order valence-electron chi connectivity index (χ3n) is 7.95. The SMILES string of the molecule is Cc1cccc(Cn2c(C)c(/C=N/Nc3nc(N4CCCCC4)nc(N4CCCCC4)n3)c3ccccc32)c1. The van der Waals surface area contributed by atoms with Crippen molar-refractivity contribution in [2.75, 3.05) is 41.4 Å². The Morgan fingerprint density at radius 3 is 2.13 bits per heavy atom. The highest BCUT2D eigenvalue weighted by atomic mass is 15.4. The van der Waals surface area contributed by atoms with Crippen molar-refractivity contribution in [3.63, 3.8) is 0 Å².